The molecule has 2 heterocycles. The number of carbonyl (C=O) groups excluding carboxylic acids is 3. The molecule has 2 aliphatic rings. The third-order valence-electron chi connectivity index (χ3n) is 5.78. The number of imide groups is 1. The fraction of sp³-hybridized carbons (Fsp3) is 0.550. The number of anilines is 1. The van der Waals surface area contributed by atoms with Gasteiger partial charge in [0.05, 0.1) is 0 Å². The van der Waals surface area contributed by atoms with Gasteiger partial charge >= 0.3 is 6.03 Å². The molecule has 0 aliphatic carbocycles. The van der Waals surface area contributed by atoms with E-state index >= 15 is 0 Å². The fourth-order valence-electron chi connectivity index (χ4n) is 4.18. The molecule has 2 fully saturated rings. The molecule has 1 aromatic carbocycles. The molecule has 0 saturated carbocycles. The zero-order valence-corrected chi connectivity index (χ0v) is 18.5. The number of piperazine rings is 1. The number of hydrogen-bond donors (Lipinski definition) is 2. The van der Waals surface area contributed by atoms with E-state index in [4.69, 9.17) is 23.2 Å². The highest BCUT2D eigenvalue weighted by atomic mass is 35.5. The monoisotopic (exact) mass is 440 g/mol. The minimum atomic E-state index is -1.06. The van der Waals surface area contributed by atoms with Gasteiger partial charge in [0.1, 0.15) is 5.54 Å². The van der Waals surface area contributed by atoms with Crippen LogP contribution in [-0.4, -0.2) is 54.0 Å². The zero-order valence-electron chi connectivity index (χ0n) is 17.0. The quantitative estimate of drug-likeness (QED) is 0.704. The van der Waals surface area contributed by atoms with Gasteiger partial charge in [-0.05, 0) is 44.9 Å². The number of halogens is 2. The largest absolute Gasteiger partial charge is 0.365 e. The predicted molar refractivity (Wildman–Crippen MR) is 113 cm³/mol. The Balaban J connectivity index is 1.67. The average Bonchev–Trinajstić information content (AvgIpc) is 2.88. The van der Waals surface area contributed by atoms with Crippen LogP contribution in [0.1, 0.15) is 32.8 Å². The topological polar surface area (TPSA) is 81.8 Å². The van der Waals surface area contributed by atoms with Crippen molar-refractivity contribution < 1.29 is 14.4 Å². The van der Waals surface area contributed by atoms with Gasteiger partial charge in [0.2, 0.25) is 5.91 Å². The lowest BCUT2D eigenvalue weighted by molar-refractivity contribution is -0.137. The Labute approximate surface area is 180 Å². The van der Waals surface area contributed by atoms with Crippen LogP contribution in [-0.2, 0) is 9.59 Å². The zero-order chi connectivity index (χ0) is 21.5. The molecule has 2 saturated heterocycles. The minimum absolute atomic E-state index is 0.0208. The summed E-state index contributed by atoms with van der Waals surface area (Å²) in [4.78, 5) is 40.5. The molecule has 3 atom stereocenters. The molecule has 0 radical (unpaired) electrons. The van der Waals surface area contributed by atoms with Crippen LogP contribution in [0.15, 0.2) is 12.1 Å². The predicted octanol–water partition coefficient (Wildman–Crippen LogP) is 2.96. The van der Waals surface area contributed by atoms with Gasteiger partial charge in [-0.25, -0.2) is 4.79 Å². The second-order valence-electron chi connectivity index (χ2n) is 8.20. The molecular formula is C20H26Cl2N4O3. The van der Waals surface area contributed by atoms with Crippen molar-refractivity contribution in [2.24, 2.45) is 5.92 Å². The molecule has 0 bridgehead atoms. The third kappa shape index (κ3) is 4.31. The summed E-state index contributed by atoms with van der Waals surface area (Å²) >= 11 is 12.5. The van der Waals surface area contributed by atoms with Crippen molar-refractivity contribution in [2.45, 2.75) is 45.7 Å². The normalized spacial score (nSPS) is 25.7. The van der Waals surface area contributed by atoms with Crippen LogP contribution in [0, 0.1) is 12.8 Å². The summed E-state index contributed by atoms with van der Waals surface area (Å²) < 4.78 is 0. The Hall–Kier alpha value is -1.99. The van der Waals surface area contributed by atoms with Gasteiger partial charge in [-0.1, -0.05) is 30.1 Å². The highest BCUT2D eigenvalue weighted by Gasteiger charge is 2.44. The first-order chi connectivity index (χ1) is 13.5. The maximum absolute atomic E-state index is 13.0. The van der Waals surface area contributed by atoms with Crippen LogP contribution in [0.4, 0.5) is 10.5 Å². The summed E-state index contributed by atoms with van der Waals surface area (Å²) in [5.41, 5.74) is 0.883. The lowest BCUT2D eigenvalue weighted by atomic mass is 9.89. The second kappa shape index (κ2) is 8.03. The number of amides is 4. The SMILES string of the molecule is Cc1c(Cl)cc(Cl)cc1N1CCN(C(=O)C(C)CC2(C)NC(=O)NC2=O)CC1C. The van der Waals surface area contributed by atoms with E-state index in [0.29, 0.717) is 29.7 Å². The van der Waals surface area contributed by atoms with Gasteiger partial charge in [-0.2, -0.15) is 0 Å². The van der Waals surface area contributed by atoms with Crippen LogP contribution >= 0.6 is 23.2 Å². The minimum Gasteiger partial charge on any atom is -0.365 e. The van der Waals surface area contributed by atoms with Crippen molar-refractivity contribution in [3.8, 4) is 0 Å². The highest BCUT2D eigenvalue weighted by Crippen LogP contribution is 2.33. The van der Waals surface area contributed by atoms with Crippen molar-refractivity contribution in [2.75, 3.05) is 24.5 Å². The first-order valence-corrected chi connectivity index (χ1v) is 10.4. The van der Waals surface area contributed by atoms with Gasteiger partial charge in [0.25, 0.3) is 5.91 Å². The Morgan fingerprint density at radius 1 is 1.31 bits per heavy atom. The molecule has 9 heteroatoms. The number of carbonyl (C=O) groups is 3. The lowest BCUT2D eigenvalue weighted by Crippen LogP contribution is -2.56. The van der Waals surface area contributed by atoms with Crippen LogP contribution in [0.25, 0.3) is 0 Å². The number of urea groups is 1. The van der Waals surface area contributed by atoms with Gasteiger partial charge in [-0.3, -0.25) is 14.9 Å². The Morgan fingerprint density at radius 3 is 2.59 bits per heavy atom. The average molecular weight is 441 g/mol. The smallest absolute Gasteiger partial charge is 0.322 e. The Morgan fingerprint density at radius 2 is 2.00 bits per heavy atom. The summed E-state index contributed by atoms with van der Waals surface area (Å²) in [6, 6.07) is 3.20. The number of hydrogen-bond acceptors (Lipinski definition) is 4. The lowest BCUT2D eigenvalue weighted by Gasteiger charge is -2.43. The molecule has 3 unspecified atom stereocenters. The summed E-state index contributed by atoms with van der Waals surface area (Å²) in [5.74, 6) is -0.813. The molecule has 158 valence electrons. The van der Waals surface area contributed by atoms with E-state index in [2.05, 4.69) is 22.5 Å². The van der Waals surface area contributed by atoms with Gasteiger partial charge in [0.15, 0.2) is 0 Å². The summed E-state index contributed by atoms with van der Waals surface area (Å²) in [5, 5.41) is 6.06. The van der Waals surface area contributed by atoms with Crippen molar-refractivity contribution in [1.29, 1.82) is 0 Å². The molecule has 7 nitrogen and oxygen atoms in total. The molecule has 1 aromatic rings. The molecule has 0 aromatic heterocycles. The van der Waals surface area contributed by atoms with Crippen molar-refractivity contribution in [3.05, 3.63) is 27.7 Å². The third-order valence-corrected chi connectivity index (χ3v) is 6.39. The van der Waals surface area contributed by atoms with Crippen LogP contribution < -0.4 is 15.5 Å². The van der Waals surface area contributed by atoms with Crippen LogP contribution in [0.5, 0.6) is 0 Å². The molecule has 2 aliphatic heterocycles. The van der Waals surface area contributed by atoms with E-state index in [1.165, 1.54) is 0 Å². The summed E-state index contributed by atoms with van der Waals surface area (Å²) in [6.45, 7) is 9.23. The maximum atomic E-state index is 13.0. The van der Waals surface area contributed by atoms with E-state index < -0.39 is 23.4 Å². The van der Waals surface area contributed by atoms with Crippen molar-refractivity contribution >= 4 is 46.7 Å². The Kier molecular flexibility index (Phi) is 6.01. The number of benzene rings is 1. The molecular weight excluding hydrogens is 415 g/mol. The van der Waals surface area contributed by atoms with Crippen molar-refractivity contribution in [1.82, 2.24) is 15.5 Å². The standard InChI is InChI=1S/C20H26Cl2N4O3/c1-11(9-20(4)18(28)23-19(29)24-20)17(27)25-5-6-26(12(2)10-25)16-8-14(21)7-15(22)13(16)3/h7-8,11-12H,5-6,9-10H2,1-4H3,(H2,23,24,28,29). The second-order valence-corrected chi connectivity index (χ2v) is 9.05. The first kappa shape index (κ1) is 21.7. The summed E-state index contributed by atoms with van der Waals surface area (Å²) in [6.07, 6.45) is 0.251. The van der Waals surface area contributed by atoms with E-state index in [0.717, 1.165) is 11.3 Å². The summed E-state index contributed by atoms with van der Waals surface area (Å²) in [7, 11) is 0. The van der Waals surface area contributed by atoms with Gasteiger partial charge < -0.3 is 15.1 Å². The van der Waals surface area contributed by atoms with Crippen LogP contribution in [0.3, 0.4) is 0 Å². The molecule has 3 rings (SSSR count). The number of nitrogens with zero attached hydrogens (tertiary/aromatic N) is 2. The number of rotatable bonds is 4. The van der Waals surface area contributed by atoms with Gasteiger partial charge in [0, 0.05) is 47.3 Å². The van der Waals surface area contributed by atoms with E-state index in [9.17, 15) is 14.4 Å². The van der Waals surface area contributed by atoms with Crippen molar-refractivity contribution in [3.63, 3.8) is 0 Å². The first-order valence-electron chi connectivity index (χ1n) is 9.66. The fourth-order valence-corrected chi connectivity index (χ4v) is 4.66. The Bertz CT molecular complexity index is 862. The molecule has 29 heavy (non-hydrogen) atoms. The molecule has 0 spiro atoms. The maximum Gasteiger partial charge on any atom is 0.322 e. The van der Waals surface area contributed by atoms with Crippen LogP contribution in [0.2, 0.25) is 10.0 Å². The highest BCUT2D eigenvalue weighted by molar-refractivity contribution is 6.35. The van der Waals surface area contributed by atoms with E-state index in [-0.39, 0.29) is 18.4 Å². The van der Waals surface area contributed by atoms with E-state index in [1.54, 1.807) is 19.9 Å². The number of nitrogens with one attached hydrogen (secondary N) is 2. The molecule has 4 amide bonds. The van der Waals surface area contributed by atoms with Gasteiger partial charge in [-0.15, -0.1) is 0 Å². The van der Waals surface area contributed by atoms with E-state index in [1.807, 2.05) is 17.9 Å². The molecule has 2 N–H and O–H groups in total.